The topological polar surface area (TPSA) is 68.2 Å². The summed E-state index contributed by atoms with van der Waals surface area (Å²) in [5, 5.41) is 3.74. The van der Waals surface area contributed by atoms with Crippen molar-refractivity contribution in [1.29, 1.82) is 0 Å². The van der Waals surface area contributed by atoms with E-state index in [0.29, 0.717) is 11.3 Å². The van der Waals surface area contributed by atoms with E-state index in [1.165, 1.54) is 12.0 Å². The summed E-state index contributed by atoms with van der Waals surface area (Å²) in [6.45, 7) is 1.84. The van der Waals surface area contributed by atoms with Crippen LogP contribution >= 0.6 is 15.9 Å². The summed E-state index contributed by atoms with van der Waals surface area (Å²) >= 11 is 3.34. The van der Waals surface area contributed by atoms with Crippen LogP contribution in [-0.4, -0.2) is 37.8 Å². The van der Waals surface area contributed by atoms with Gasteiger partial charge < -0.3 is 9.57 Å². The third-order valence-corrected chi connectivity index (χ3v) is 3.22. The molecule has 6 nitrogen and oxygen atoms in total. The molecule has 0 saturated heterocycles. The number of nitrogens with zero attached hydrogens (tertiary/aromatic N) is 2. The zero-order valence-electron chi connectivity index (χ0n) is 11.1. The molecule has 0 atom stereocenters. The van der Waals surface area contributed by atoms with Gasteiger partial charge in [0, 0.05) is 10.0 Å². The van der Waals surface area contributed by atoms with Gasteiger partial charge in [0.2, 0.25) is 0 Å². The normalized spacial score (nSPS) is 15.4. The molecule has 1 aliphatic rings. The van der Waals surface area contributed by atoms with Crippen LogP contribution in [0.3, 0.4) is 0 Å². The van der Waals surface area contributed by atoms with Crippen LogP contribution in [0, 0.1) is 0 Å². The minimum absolute atomic E-state index is 0.149. The summed E-state index contributed by atoms with van der Waals surface area (Å²) in [5.74, 6) is -0.846. The average molecular weight is 341 g/mol. The number of carbonyl (C=O) groups excluding carboxylic acids is 2. The highest BCUT2D eigenvalue weighted by Gasteiger charge is 2.36. The summed E-state index contributed by atoms with van der Waals surface area (Å²) in [7, 11) is 1.37. The Kier molecular flexibility index (Phi) is 4.39. The monoisotopic (exact) mass is 340 g/mol. The highest BCUT2D eigenvalue weighted by molar-refractivity contribution is 9.10. The Bertz CT molecular complexity index is 586. The fourth-order valence-electron chi connectivity index (χ4n) is 1.96. The number of anilines is 1. The second-order valence-electron chi connectivity index (χ2n) is 3.98. The first-order chi connectivity index (χ1) is 9.58. The zero-order chi connectivity index (χ0) is 14.7. The van der Waals surface area contributed by atoms with Crippen LogP contribution in [0.5, 0.6) is 0 Å². The van der Waals surface area contributed by atoms with E-state index in [0.717, 1.165) is 4.47 Å². The Morgan fingerprint density at radius 3 is 2.85 bits per heavy atom. The molecular weight excluding hydrogens is 328 g/mol. The fraction of sp³-hybridized carbons (Fsp3) is 0.308. The molecule has 0 unspecified atom stereocenters. The van der Waals surface area contributed by atoms with Crippen LogP contribution < -0.4 is 4.90 Å². The maximum Gasteiger partial charge on any atom is 0.326 e. The van der Waals surface area contributed by atoms with E-state index in [-0.39, 0.29) is 24.8 Å². The van der Waals surface area contributed by atoms with Crippen molar-refractivity contribution < 1.29 is 19.2 Å². The van der Waals surface area contributed by atoms with E-state index in [2.05, 4.69) is 21.1 Å². The van der Waals surface area contributed by atoms with Crippen molar-refractivity contribution in [1.82, 2.24) is 0 Å². The number of esters is 1. The van der Waals surface area contributed by atoms with E-state index in [9.17, 15) is 9.59 Å². The smallest absolute Gasteiger partial charge is 0.326 e. The van der Waals surface area contributed by atoms with E-state index in [4.69, 9.17) is 9.57 Å². The van der Waals surface area contributed by atoms with Crippen molar-refractivity contribution >= 4 is 39.2 Å². The third kappa shape index (κ3) is 2.67. The molecule has 1 amide bonds. The molecule has 1 aromatic rings. The summed E-state index contributed by atoms with van der Waals surface area (Å²) in [4.78, 5) is 29.9. The van der Waals surface area contributed by atoms with Crippen molar-refractivity contribution in [3.63, 3.8) is 0 Å². The zero-order valence-corrected chi connectivity index (χ0v) is 12.6. The lowest BCUT2D eigenvalue weighted by Crippen LogP contribution is -2.35. The highest BCUT2D eigenvalue weighted by Crippen LogP contribution is 2.31. The number of benzene rings is 1. The van der Waals surface area contributed by atoms with Gasteiger partial charge in [-0.05, 0) is 25.1 Å². The van der Waals surface area contributed by atoms with Crippen molar-refractivity contribution in [2.24, 2.45) is 5.16 Å². The SMILES string of the molecule is CCOC(=O)CN1C(=O)/C(=N/OC)c2cc(Br)ccc21. The molecular formula is C13H13BrN2O4. The molecule has 1 aliphatic heterocycles. The molecule has 2 rings (SSSR count). The van der Waals surface area contributed by atoms with Gasteiger partial charge in [-0.15, -0.1) is 0 Å². The van der Waals surface area contributed by atoms with Crippen molar-refractivity contribution in [3.05, 3.63) is 28.2 Å². The second kappa shape index (κ2) is 6.04. The van der Waals surface area contributed by atoms with Crippen molar-refractivity contribution in [3.8, 4) is 0 Å². The quantitative estimate of drug-likeness (QED) is 0.618. The lowest BCUT2D eigenvalue weighted by molar-refractivity contribution is -0.142. The Labute approximate surface area is 124 Å². The molecule has 0 N–H and O–H groups in total. The maximum atomic E-state index is 12.3. The minimum Gasteiger partial charge on any atom is -0.465 e. The largest absolute Gasteiger partial charge is 0.465 e. The average Bonchev–Trinajstić information content (AvgIpc) is 2.65. The fourth-order valence-corrected chi connectivity index (χ4v) is 2.32. The van der Waals surface area contributed by atoms with Crippen LogP contribution in [0.2, 0.25) is 0 Å². The van der Waals surface area contributed by atoms with Crippen LogP contribution in [0.25, 0.3) is 0 Å². The van der Waals surface area contributed by atoms with Gasteiger partial charge in [-0.3, -0.25) is 14.5 Å². The number of ether oxygens (including phenoxy) is 1. The predicted molar refractivity (Wildman–Crippen MR) is 76.7 cm³/mol. The number of carbonyl (C=O) groups is 2. The molecule has 0 fully saturated rings. The lowest BCUT2D eigenvalue weighted by atomic mass is 10.1. The molecule has 0 aromatic heterocycles. The van der Waals surface area contributed by atoms with Crippen LogP contribution in [0.15, 0.2) is 27.8 Å². The van der Waals surface area contributed by atoms with Crippen LogP contribution in [0.1, 0.15) is 12.5 Å². The summed E-state index contributed by atoms with van der Waals surface area (Å²) < 4.78 is 5.68. The first-order valence-corrected chi connectivity index (χ1v) is 6.76. The molecule has 0 saturated carbocycles. The van der Waals surface area contributed by atoms with Gasteiger partial charge in [-0.25, -0.2) is 0 Å². The molecule has 0 bridgehead atoms. The molecule has 20 heavy (non-hydrogen) atoms. The van der Waals surface area contributed by atoms with Gasteiger partial charge in [0.15, 0.2) is 5.71 Å². The first-order valence-electron chi connectivity index (χ1n) is 5.97. The van der Waals surface area contributed by atoms with Gasteiger partial charge in [0.25, 0.3) is 5.91 Å². The number of fused-ring (bicyclic) bond motifs is 1. The van der Waals surface area contributed by atoms with E-state index in [1.54, 1.807) is 25.1 Å². The number of amides is 1. The van der Waals surface area contributed by atoms with Gasteiger partial charge >= 0.3 is 5.97 Å². The van der Waals surface area contributed by atoms with E-state index >= 15 is 0 Å². The van der Waals surface area contributed by atoms with Gasteiger partial charge in [-0.1, -0.05) is 21.1 Å². The van der Waals surface area contributed by atoms with Crippen LogP contribution in [0.4, 0.5) is 5.69 Å². The molecule has 0 radical (unpaired) electrons. The molecule has 7 heteroatoms. The third-order valence-electron chi connectivity index (χ3n) is 2.73. The molecule has 106 valence electrons. The maximum absolute atomic E-state index is 12.3. The lowest BCUT2D eigenvalue weighted by Gasteiger charge is -2.15. The van der Waals surface area contributed by atoms with E-state index in [1.807, 2.05) is 0 Å². The Balaban J connectivity index is 2.39. The summed E-state index contributed by atoms with van der Waals surface area (Å²) in [5.41, 5.74) is 1.41. The first kappa shape index (κ1) is 14.5. The Morgan fingerprint density at radius 2 is 2.20 bits per heavy atom. The number of halogens is 1. The summed E-state index contributed by atoms with van der Waals surface area (Å²) in [6.07, 6.45) is 0. The molecule has 0 aliphatic carbocycles. The standard InChI is InChI=1S/C13H13BrN2O4/c1-3-20-11(17)7-16-10-5-4-8(14)6-9(10)12(13(16)18)15-19-2/h4-6H,3,7H2,1-2H3/b15-12+. The minimum atomic E-state index is -0.464. The highest BCUT2D eigenvalue weighted by atomic mass is 79.9. The number of oxime groups is 1. The van der Waals surface area contributed by atoms with Crippen molar-refractivity contribution in [2.75, 3.05) is 25.2 Å². The summed E-state index contributed by atoms with van der Waals surface area (Å²) in [6, 6.07) is 5.30. The number of hydrogen-bond acceptors (Lipinski definition) is 5. The number of hydrogen-bond donors (Lipinski definition) is 0. The van der Waals surface area contributed by atoms with Crippen LogP contribution in [-0.2, 0) is 19.2 Å². The Morgan fingerprint density at radius 1 is 1.45 bits per heavy atom. The van der Waals surface area contributed by atoms with E-state index < -0.39 is 5.97 Å². The van der Waals surface area contributed by atoms with Gasteiger partial charge in [-0.2, -0.15) is 0 Å². The molecule has 1 aromatic carbocycles. The van der Waals surface area contributed by atoms with Crippen molar-refractivity contribution in [2.45, 2.75) is 6.92 Å². The second-order valence-corrected chi connectivity index (χ2v) is 4.90. The Hall–Kier alpha value is -1.89. The molecule has 1 heterocycles. The predicted octanol–water partition coefficient (Wildman–Crippen LogP) is 1.71. The van der Waals surface area contributed by atoms with Gasteiger partial charge in [0.05, 0.1) is 12.3 Å². The molecule has 0 spiro atoms. The van der Waals surface area contributed by atoms with Gasteiger partial charge in [0.1, 0.15) is 13.7 Å². The number of rotatable bonds is 4.